The lowest BCUT2D eigenvalue weighted by atomic mass is 9.82. The van der Waals surface area contributed by atoms with Gasteiger partial charge in [-0.2, -0.15) is 0 Å². The van der Waals surface area contributed by atoms with Gasteiger partial charge in [0.15, 0.2) is 0 Å². The van der Waals surface area contributed by atoms with Gasteiger partial charge in [0, 0.05) is 0 Å². The highest BCUT2D eigenvalue weighted by Gasteiger charge is 2.22. The maximum atomic E-state index is 4.35. The van der Waals surface area contributed by atoms with Gasteiger partial charge in [-0.1, -0.05) is 32.6 Å². The van der Waals surface area contributed by atoms with Crippen LogP contribution in [0.5, 0.6) is 0 Å². The largest absolute Gasteiger partial charge is 0.0949 e. The van der Waals surface area contributed by atoms with E-state index < -0.39 is 0 Å². The Kier molecular flexibility index (Phi) is 4.56. The van der Waals surface area contributed by atoms with Crippen LogP contribution in [0.3, 0.4) is 0 Å². The highest BCUT2D eigenvalue weighted by atomic mass is 14.3. The van der Waals surface area contributed by atoms with Crippen molar-refractivity contribution in [3.05, 3.63) is 58.2 Å². The predicted molar refractivity (Wildman–Crippen MR) is 95.7 cm³/mol. The molecule has 0 saturated heterocycles. The Morgan fingerprint density at radius 2 is 1.48 bits per heavy atom. The van der Waals surface area contributed by atoms with Crippen LogP contribution in [-0.4, -0.2) is 0 Å². The van der Waals surface area contributed by atoms with Gasteiger partial charge < -0.3 is 0 Å². The normalized spacial score (nSPS) is 14.8. The number of benzene rings is 1. The Hall–Kier alpha value is -1.56. The van der Waals surface area contributed by atoms with Crippen LogP contribution in [0.15, 0.2) is 24.8 Å². The molecule has 0 fully saturated rings. The third-order valence-corrected chi connectivity index (χ3v) is 5.13. The van der Waals surface area contributed by atoms with Crippen LogP contribution in [0.2, 0.25) is 0 Å². The quantitative estimate of drug-likeness (QED) is 0.595. The van der Waals surface area contributed by atoms with Crippen molar-refractivity contribution in [2.75, 3.05) is 0 Å². The van der Waals surface area contributed by atoms with E-state index >= 15 is 0 Å². The van der Waals surface area contributed by atoms with E-state index in [-0.39, 0.29) is 0 Å². The summed E-state index contributed by atoms with van der Waals surface area (Å²) in [6.45, 7) is 19.8. The molecule has 1 aliphatic rings. The topological polar surface area (TPSA) is 0 Å². The molecule has 0 radical (unpaired) electrons. The fraction of sp³-hybridized carbons (Fsp3) is 0.429. The third kappa shape index (κ3) is 2.64. The highest BCUT2D eigenvalue weighted by Crippen LogP contribution is 2.42. The van der Waals surface area contributed by atoms with Crippen LogP contribution < -0.4 is 0 Å². The van der Waals surface area contributed by atoms with E-state index in [0.717, 1.165) is 24.0 Å². The first kappa shape index (κ1) is 15.8. The zero-order valence-electron chi connectivity index (χ0n) is 14.3. The zero-order valence-corrected chi connectivity index (χ0v) is 14.3. The van der Waals surface area contributed by atoms with E-state index in [2.05, 4.69) is 53.9 Å². The Morgan fingerprint density at radius 3 is 2.05 bits per heavy atom. The number of unbranched alkanes of at least 4 members (excludes halogenated alkanes) is 1. The molecule has 0 nitrogen and oxygen atoms in total. The molecule has 0 spiro atoms. The molecule has 0 saturated carbocycles. The van der Waals surface area contributed by atoms with Crippen LogP contribution in [0.25, 0.3) is 11.1 Å². The fourth-order valence-corrected chi connectivity index (χ4v) is 3.33. The van der Waals surface area contributed by atoms with E-state index in [0.29, 0.717) is 0 Å². The van der Waals surface area contributed by atoms with Gasteiger partial charge in [0.2, 0.25) is 0 Å². The first-order valence-electron chi connectivity index (χ1n) is 8.07. The lowest BCUT2D eigenvalue weighted by Gasteiger charge is -2.22. The van der Waals surface area contributed by atoms with Crippen molar-refractivity contribution in [1.82, 2.24) is 0 Å². The van der Waals surface area contributed by atoms with Crippen molar-refractivity contribution in [2.45, 2.75) is 60.3 Å². The Labute approximate surface area is 130 Å². The summed E-state index contributed by atoms with van der Waals surface area (Å²) in [6, 6.07) is 0. The molecule has 21 heavy (non-hydrogen) atoms. The van der Waals surface area contributed by atoms with Crippen LogP contribution in [-0.2, 0) is 0 Å². The smallest absolute Gasteiger partial charge is 0.00773 e. The number of rotatable bonds is 3. The summed E-state index contributed by atoms with van der Waals surface area (Å²) >= 11 is 0. The van der Waals surface area contributed by atoms with Gasteiger partial charge in [-0.05, 0) is 97.1 Å². The molecule has 0 bridgehead atoms. The monoisotopic (exact) mass is 280 g/mol. The van der Waals surface area contributed by atoms with E-state index in [1.54, 1.807) is 0 Å². The SMILES string of the molecule is C=C1CC=C(CCCC)c2c(C)c(C)c(C)c(C)c2C1=C. The summed E-state index contributed by atoms with van der Waals surface area (Å²) in [7, 11) is 0. The number of hydrogen-bond donors (Lipinski definition) is 0. The Bertz CT molecular complexity index is 639. The second-order valence-electron chi connectivity index (χ2n) is 6.37. The molecule has 0 amide bonds. The molecule has 2 rings (SSSR count). The van der Waals surface area contributed by atoms with Gasteiger partial charge in [-0.25, -0.2) is 0 Å². The van der Waals surface area contributed by atoms with Crippen LogP contribution >= 0.6 is 0 Å². The predicted octanol–water partition coefficient (Wildman–Crippen LogP) is 6.47. The van der Waals surface area contributed by atoms with E-state index in [1.807, 2.05) is 0 Å². The minimum absolute atomic E-state index is 0.934. The lowest BCUT2D eigenvalue weighted by molar-refractivity contribution is 0.822. The first-order valence-corrected chi connectivity index (χ1v) is 8.07. The first-order chi connectivity index (χ1) is 9.90. The molecule has 0 heteroatoms. The summed E-state index contributed by atoms with van der Waals surface area (Å²) in [5.74, 6) is 0. The highest BCUT2D eigenvalue weighted by molar-refractivity contribution is 5.91. The maximum Gasteiger partial charge on any atom is -0.00773 e. The van der Waals surface area contributed by atoms with Gasteiger partial charge >= 0.3 is 0 Å². The molecule has 0 unspecified atom stereocenters. The van der Waals surface area contributed by atoms with Crippen molar-refractivity contribution in [1.29, 1.82) is 0 Å². The zero-order chi connectivity index (χ0) is 15.7. The van der Waals surface area contributed by atoms with E-state index in [1.165, 1.54) is 51.8 Å². The molecule has 0 aliphatic heterocycles. The van der Waals surface area contributed by atoms with Crippen molar-refractivity contribution >= 4 is 11.1 Å². The van der Waals surface area contributed by atoms with Gasteiger partial charge in [0.1, 0.15) is 0 Å². The van der Waals surface area contributed by atoms with Crippen LogP contribution in [0.4, 0.5) is 0 Å². The lowest BCUT2D eigenvalue weighted by Crippen LogP contribution is -2.04. The standard InChI is InChI=1S/C21H28/c1-8-9-10-19-12-11-13(2)14(3)20-17(6)15(4)16(5)18(7)21(19)20/h12H,2-3,8-11H2,1,4-7H3. The maximum absolute atomic E-state index is 4.35. The molecule has 0 N–H and O–H groups in total. The third-order valence-electron chi connectivity index (χ3n) is 5.13. The minimum atomic E-state index is 0.934. The van der Waals surface area contributed by atoms with E-state index in [9.17, 15) is 0 Å². The molecular weight excluding hydrogens is 252 g/mol. The Morgan fingerprint density at radius 1 is 0.905 bits per heavy atom. The number of allylic oxidation sites excluding steroid dienone is 4. The van der Waals surface area contributed by atoms with Crippen molar-refractivity contribution < 1.29 is 0 Å². The molecule has 0 heterocycles. The van der Waals surface area contributed by atoms with Crippen molar-refractivity contribution in [3.8, 4) is 0 Å². The molecule has 112 valence electrons. The fourth-order valence-electron chi connectivity index (χ4n) is 3.33. The van der Waals surface area contributed by atoms with Crippen LogP contribution in [0.1, 0.15) is 66.0 Å². The summed E-state index contributed by atoms with van der Waals surface area (Å²) in [5.41, 5.74) is 12.2. The molecule has 0 atom stereocenters. The van der Waals surface area contributed by atoms with E-state index in [4.69, 9.17) is 0 Å². The van der Waals surface area contributed by atoms with Gasteiger partial charge in [-0.15, -0.1) is 0 Å². The summed E-state index contributed by atoms with van der Waals surface area (Å²) in [4.78, 5) is 0. The summed E-state index contributed by atoms with van der Waals surface area (Å²) in [5, 5.41) is 0. The Balaban J connectivity index is 2.77. The number of hydrogen-bond acceptors (Lipinski definition) is 0. The molecule has 1 aliphatic carbocycles. The summed E-state index contributed by atoms with van der Waals surface area (Å²) < 4.78 is 0. The average Bonchev–Trinajstić information content (AvgIpc) is 2.59. The van der Waals surface area contributed by atoms with Gasteiger partial charge in [0.25, 0.3) is 0 Å². The minimum Gasteiger partial charge on any atom is -0.0949 e. The molecule has 1 aromatic rings. The molecule has 1 aromatic carbocycles. The molecule has 0 aromatic heterocycles. The number of fused-ring (bicyclic) bond motifs is 1. The second-order valence-corrected chi connectivity index (χ2v) is 6.37. The average molecular weight is 280 g/mol. The van der Waals surface area contributed by atoms with Gasteiger partial charge in [0.05, 0.1) is 0 Å². The summed E-state index contributed by atoms with van der Waals surface area (Å²) in [6.07, 6.45) is 6.96. The van der Waals surface area contributed by atoms with Crippen molar-refractivity contribution in [3.63, 3.8) is 0 Å². The second kappa shape index (κ2) is 6.05. The van der Waals surface area contributed by atoms with Crippen LogP contribution in [0, 0.1) is 27.7 Å². The van der Waals surface area contributed by atoms with Gasteiger partial charge in [-0.3, -0.25) is 0 Å². The van der Waals surface area contributed by atoms with Crippen molar-refractivity contribution in [2.24, 2.45) is 0 Å². The molecular formula is C21H28.